The Bertz CT molecular complexity index is 897. The Labute approximate surface area is 144 Å². The van der Waals surface area contributed by atoms with Gasteiger partial charge in [0.15, 0.2) is 5.78 Å². The number of aromatic nitrogens is 2. The van der Waals surface area contributed by atoms with Crippen LogP contribution in [0.25, 0.3) is 0 Å². The highest BCUT2D eigenvalue weighted by Crippen LogP contribution is 2.17. The van der Waals surface area contributed by atoms with Crippen molar-refractivity contribution in [2.75, 3.05) is 17.7 Å². The molecule has 1 heterocycles. The number of benzene rings is 1. The van der Waals surface area contributed by atoms with Crippen LogP contribution in [0.2, 0.25) is 0 Å². The van der Waals surface area contributed by atoms with E-state index in [-0.39, 0.29) is 11.4 Å². The highest BCUT2D eigenvalue weighted by atomic mass is 16.5. The third kappa shape index (κ3) is 3.57. The summed E-state index contributed by atoms with van der Waals surface area (Å²) < 4.78 is 7.31. The highest BCUT2D eigenvalue weighted by Gasteiger charge is 2.24. The summed E-state index contributed by atoms with van der Waals surface area (Å²) in [6.07, 6.45) is 0. The van der Waals surface area contributed by atoms with Crippen LogP contribution >= 0.6 is 0 Å². The van der Waals surface area contributed by atoms with E-state index in [0.29, 0.717) is 12.3 Å². The fourth-order valence-electron chi connectivity index (χ4n) is 2.44. The number of ketones is 1. The van der Waals surface area contributed by atoms with Crippen LogP contribution in [-0.2, 0) is 14.1 Å². The normalized spacial score (nSPS) is 11.8. The molecule has 1 aromatic carbocycles. The van der Waals surface area contributed by atoms with E-state index in [1.165, 1.54) is 14.1 Å². The van der Waals surface area contributed by atoms with Gasteiger partial charge in [0.1, 0.15) is 17.1 Å². The van der Waals surface area contributed by atoms with Gasteiger partial charge in [0.2, 0.25) is 0 Å². The van der Waals surface area contributed by atoms with Gasteiger partial charge in [0.25, 0.3) is 5.56 Å². The molecule has 0 radical (unpaired) electrons. The molecule has 8 nitrogen and oxygen atoms in total. The Morgan fingerprint density at radius 2 is 1.80 bits per heavy atom. The number of hydrogen-bond donors (Lipinski definition) is 2. The second-order valence-corrected chi connectivity index (χ2v) is 5.65. The van der Waals surface area contributed by atoms with Crippen LogP contribution in [0.15, 0.2) is 33.9 Å². The lowest BCUT2D eigenvalue weighted by atomic mass is 10.1. The fraction of sp³-hybridized carbons (Fsp3) is 0.353. The molecule has 0 amide bonds. The van der Waals surface area contributed by atoms with Crippen LogP contribution in [0.1, 0.15) is 24.2 Å². The number of ether oxygens (including phenoxy) is 1. The number of nitrogen functional groups attached to an aromatic ring is 1. The molecular formula is C17H22N4O4. The minimum absolute atomic E-state index is 0.140. The number of nitrogens with one attached hydrogen (secondary N) is 1. The van der Waals surface area contributed by atoms with Gasteiger partial charge in [-0.1, -0.05) is 0 Å². The number of hydrogen-bond acceptors (Lipinski definition) is 6. The molecule has 0 spiro atoms. The summed E-state index contributed by atoms with van der Waals surface area (Å²) in [5, 5.41) is 3.02. The van der Waals surface area contributed by atoms with Gasteiger partial charge in [0.05, 0.1) is 12.6 Å². The summed E-state index contributed by atoms with van der Waals surface area (Å²) in [6.45, 7) is 4.09. The second-order valence-electron chi connectivity index (χ2n) is 5.65. The van der Waals surface area contributed by atoms with Crippen molar-refractivity contribution in [1.82, 2.24) is 9.13 Å². The van der Waals surface area contributed by atoms with Crippen molar-refractivity contribution in [3.05, 3.63) is 50.7 Å². The molecular weight excluding hydrogens is 324 g/mol. The van der Waals surface area contributed by atoms with Gasteiger partial charge < -0.3 is 15.8 Å². The molecule has 25 heavy (non-hydrogen) atoms. The first-order valence-corrected chi connectivity index (χ1v) is 7.87. The summed E-state index contributed by atoms with van der Waals surface area (Å²) in [6, 6.07) is 6.41. The summed E-state index contributed by atoms with van der Waals surface area (Å²) in [5.41, 5.74) is 5.04. The van der Waals surface area contributed by atoms with Crippen LogP contribution in [-0.4, -0.2) is 27.6 Å². The molecule has 0 aliphatic rings. The average molecular weight is 346 g/mol. The number of rotatable bonds is 6. The smallest absolute Gasteiger partial charge is 0.332 e. The van der Waals surface area contributed by atoms with Crippen LogP contribution in [0.3, 0.4) is 0 Å². The SMILES string of the molecule is CCOc1ccc(N[C@@H](C)C(=O)c2c(N)n(C)c(=O)n(C)c2=O)cc1. The van der Waals surface area contributed by atoms with Crippen LogP contribution in [0, 0.1) is 0 Å². The Morgan fingerprint density at radius 3 is 2.36 bits per heavy atom. The molecule has 0 saturated heterocycles. The third-order valence-electron chi connectivity index (χ3n) is 3.90. The maximum atomic E-state index is 12.7. The predicted octanol–water partition coefficient (Wildman–Crippen LogP) is 0.748. The standard InChI is InChI=1S/C17H22N4O4/c1-5-25-12-8-6-11(7-9-12)19-10(2)14(22)13-15(18)20(3)17(24)21(4)16(13)23/h6-10,19H,5,18H2,1-4H3/t10-/m0/s1. The van der Waals surface area contributed by atoms with Crippen LogP contribution < -0.4 is 27.0 Å². The number of nitrogens with zero attached hydrogens (tertiary/aromatic N) is 2. The number of nitrogens with two attached hydrogens (primary N) is 1. The fourth-order valence-corrected chi connectivity index (χ4v) is 2.44. The monoisotopic (exact) mass is 346 g/mol. The number of carbonyl (C=O) groups is 1. The summed E-state index contributed by atoms with van der Waals surface area (Å²) in [5.74, 6) is 0.101. The van der Waals surface area contributed by atoms with Crippen molar-refractivity contribution in [2.24, 2.45) is 14.1 Å². The first-order valence-electron chi connectivity index (χ1n) is 7.87. The number of carbonyl (C=O) groups excluding carboxylic acids is 1. The lowest BCUT2D eigenvalue weighted by Crippen LogP contribution is -2.43. The predicted molar refractivity (Wildman–Crippen MR) is 96.4 cm³/mol. The van der Waals surface area contributed by atoms with Crippen molar-refractivity contribution in [3.8, 4) is 5.75 Å². The summed E-state index contributed by atoms with van der Waals surface area (Å²) in [7, 11) is 2.73. The van der Waals surface area contributed by atoms with E-state index < -0.39 is 23.1 Å². The molecule has 2 rings (SSSR count). The second kappa shape index (κ2) is 7.25. The molecule has 1 atom stereocenters. The van der Waals surface area contributed by atoms with Crippen molar-refractivity contribution in [1.29, 1.82) is 0 Å². The van der Waals surface area contributed by atoms with E-state index in [9.17, 15) is 14.4 Å². The maximum Gasteiger partial charge on any atom is 0.332 e. The Hall–Kier alpha value is -3.03. The third-order valence-corrected chi connectivity index (χ3v) is 3.90. The van der Waals surface area contributed by atoms with Gasteiger partial charge in [-0.25, -0.2) is 4.79 Å². The van der Waals surface area contributed by atoms with E-state index in [0.717, 1.165) is 14.9 Å². The Balaban J connectivity index is 2.29. The summed E-state index contributed by atoms with van der Waals surface area (Å²) >= 11 is 0. The zero-order valence-electron chi connectivity index (χ0n) is 14.7. The minimum atomic E-state index is -0.703. The molecule has 0 unspecified atom stereocenters. The van der Waals surface area contributed by atoms with Gasteiger partial charge in [-0.3, -0.25) is 18.7 Å². The molecule has 8 heteroatoms. The van der Waals surface area contributed by atoms with Crippen molar-refractivity contribution < 1.29 is 9.53 Å². The van der Waals surface area contributed by atoms with E-state index in [4.69, 9.17) is 10.5 Å². The molecule has 0 fully saturated rings. The summed E-state index contributed by atoms with van der Waals surface area (Å²) in [4.78, 5) is 36.8. The quantitative estimate of drug-likeness (QED) is 0.747. The first-order chi connectivity index (χ1) is 11.8. The molecule has 134 valence electrons. The van der Waals surface area contributed by atoms with Gasteiger partial charge in [-0.05, 0) is 38.1 Å². The molecule has 0 saturated carbocycles. The minimum Gasteiger partial charge on any atom is -0.494 e. The van der Waals surface area contributed by atoms with Gasteiger partial charge in [-0.15, -0.1) is 0 Å². The molecule has 0 aliphatic heterocycles. The lowest BCUT2D eigenvalue weighted by Gasteiger charge is -2.17. The van der Waals surface area contributed by atoms with E-state index in [1.807, 2.05) is 6.92 Å². The number of Topliss-reactive ketones (excluding diaryl/α,β-unsaturated/α-hetero) is 1. The molecule has 2 aromatic rings. The van der Waals surface area contributed by atoms with Crippen molar-refractivity contribution >= 4 is 17.3 Å². The largest absolute Gasteiger partial charge is 0.494 e. The molecule has 1 aromatic heterocycles. The van der Waals surface area contributed by atoms with Gasteiger partial charge >= 0.3 is 5.69 Å². The molecule has 0 bridgehead atoms. The van der Waals surface area contributed by atoms with Gasteiger partial charge in [0, 0.05) is 19.8 Å². The molecule has 3 N–H and O–H groups in total. The zero-order valence-corrected chi connectivity index (χ0v) is 14.7. The van der Waals surface area contributed by atoms with Crippen LogP contribution in [0.5, 0.6) is 5.75 Å². The first kappa shape index (κ1) is 18.3. The van der Waals surface area contributed by atoms with E-state index in [2.05, 4.69) is 5.32 Å². The Kier molecular flexibility index (Phi) is 5.31. The average Bonchev–Trinajstić information content (AvgIpc) is 2.60. The van der Waals surface area contributed by atoms with E-state index in [1.54, 1.807) is 31.2 Å². The highest BCUT2D eigenvalue weighted by molar-refractivity contribution is 6.04. The zero-order chi connectivity index (χ0) is 18.7. The van der Waals surface area contributed by atoms with Crippen molar-refractivity contribution in [3.63, 3.8) is 0 Å². The molecule has 0 aliphatic carbocycles. The lowest BCUT2D eigenvalue weighted by molar-refractivity contribution is 0.0973. The van der Waals surface area contributed by atoms with E-state index >= 15 is 0 Å². The number of anilines is 2. The Morgan fingerprint density at radius 1 is 1.20 bits per heavy atom. The van der Waals surface area contributed by atoms with Crippen LogP contribution in [0.4, 0.5) is 11.5 Å². The maximum absolute atomic E-state index is 12.7. The van der Waals surface area contributed by atoms with Crippen molar-refractivity contribution in [2.45, 2.75) is 19.9 Å². The van der Waals surface area contributed by atoms with Gasteiger partial charge in [-0.2, -0.15) is 0 Å². The topological polar surface area (TPSA) is 108 Å².